The summed E-state index contributed by atoms with van der Waals surface area (Å²) in [6.45, 7) is 9.62. The molecule has 41 heavy (non-hydrogen) atoms. The Bertz CT molecular complexity index is 1490. The van der Waals surface area contributed by atoms with E-state index in [0.717, 1.165) is 55.2 Å². The van der Waals surface area contributed by atoms with Crippen LogP contribution in [0.2, 0.25) is 0 Å². The predicted octanol–water partition coefficient (Wildman–Crippen LogP) is 3.71. The van der Waals surface area contributed by atoms with Crippen molar-refractivity contribution in [2.45, 2.75) is 40.2 Å². The Balaban J connectivity index is 1.44. The molecule has 0 bridgehead atoms. The predicted molar refractivity (Wildman–Crippen MR) is 160 cm³/mol. The van der Waals surface area contributed by atoms with Crippen LogP contribution in [0.5, 0.6) is 0 Å². The van der Waals surface area contributed by atoms with Crippen molar-refractivity contribution in [2.75, 3.05) is 65.0 Å². The number of benzene rings is 1. The van der Waals surface area contributed by atoms with Crippen LogP contribution in [0.3, 0.4) is 0 Å². The molecule has 1 aromatic carbocycles. The Kier molecular flexibility index (Phi) is 8.90. The number of sulfonamides is 1. The van der Waals surface area contributed by atoms with Crippen LogP contribution in [-0.4, -0.2) is 74.5 Å². The van der Waals surface area contributed by atoms with Gasteiger partial charge in [0.05, 0.1) is 31.3 Å². The summed E-state index contributed by atoms with van der Waals surface area (Å²) in [7, 11) is -3.34. The van der Waals surface area contributed by atoms with E-state index < -0.39 is 16.0 Å². The third-order valence-corrected chi connectivity index (χ3v) is 9.25. The Labute approximate surface area is 244 Å². The molecule has 2 aliphatic heterocycles. The lowest BCUT2D eigenvalue weighted by atomic mass is 10.0. The quantitative estimate of drug-likeness (QED) is 0.329. The van der Waals surface area contributed by atoms with Gasteiger partial charge >= 0.3 is 5.97 Å². The summed E-state index contributed by atoms with van der Waals surface area (Å²) in [5, 5.41) is 3.76. The third kappa shape index (κ3) is 6.88. The number of nitrogens with zero attached hydrogens (tertiary/aromatic N) is 5. The molecule has 2 aliphatic rings. The number of ether oxygens (including phenoxy) is 2. The van der Waals surface area contributed by atoms with Gasteiger partial charge in [0.1, 0.15) is 16.5 Å². The van der Waals surface area contributed by atoms with E-state index in [4.69, 9.17) is 19.4 Å². The van der Waals surface area contributed by atoms with E-state index in [-0.39, 0.29) is 5.75 Å². The summed E-state index contributed by atoms with van der Waals surface area (Å²) in [6.07, 6.45) is 1.82. The maximum Gasteiger partial charge on any atom is 0.350 e. The van der Waals surface area contributed by atoms with Gasteiger partial charge < -0.3 is 19.3 Å². The van der Waals surface area contributed by atoms with Gasteiger partial charge in [-0.15, -0.1) is 0 Å². The van der Waals surface area contributed by atoms with Crippen LogP contribution in [0.25, 0.3) is 0 Å². The van der Waals surface area contributed by atoms with Crippen molar-refractivity contribution in [2.24, 2.45) is 0 Å². The molecular formula is C27H35N7O5S2. The van der Waals surface area contributed by atoms with Gasteiger partial charge in [0.2, 0.25) is 16.0 Å². The molecule has 0 saturated carbocycles. The average molecular weight is 602 g/mol. The third-order valence-electron chi connectivity index (χ3n) is 6.89. The number of morpholine rings is 1. The van der Waals surface area contributed by atoms with Crippen molar-refractivity contribution in [3.8, 4) is 0 Å². The number of rotatable bonds is 10. The monoisotopic (exact) mass is 601 g/mol. The Morgan fingerprint density at radius 2 is 1.80 bits per heavy atom. The minimum Gasteiger partial charge on any atom is -0.462 e. The number of thiazole rings is 1. The zero-order chi connectivity index (χ0) is 29.0. The van der Waals surface area contributed by atoms with Crippen LogP contribution in [0.4, 0.5) is 28.4 Å². The van der Waals surface area contributed by atoms with Crippen LogP contribution in [0.1, 0.15) is 46.8 Å². The molecule has 5 rings (SSSR count). The standard InChI is InChI=1S/C27H35N7O5S2/c1-4-39-25(35)22-18(3)28-27(40-22)31-26-29-23(33-13-15-38-16-14-33)21-7-6-12-34(24(21)30-26)17-19-8-10-20(11-9-19)32-41(36,37)5-2/h8-11,32H,4-7,12-17H2,1-3H3,(H,28,29,30,31). The number of hydrogen-bond donors (Lipinski definition) is 2. The van der Waals surface area contributed by atoms with Crippen molar-refractivity contribution in [1.29, 1.82) is 0 Å². The molecule has 0 amide bonds. The number of carbonyl (C=O) groups is 1. The van der Waals surface area contributed by atoms with Crippen molar-refractivity contribution >= 4 is 55.7 Å². The number of fused-ring (bicyclic) bond motifs is 1. The van der Waals surface area contributed by atoms with Gasteiger partial charge in [-0.05, 0) is 51.3 Å². The average Bonchev–Trinajstić information content (AvgIpc) is 3.34. The molecule has 0 unspecified atom stereocenters. The van der Waals surface area contributed by atoms with Crippen molar-refractivity contribution in [3.05, 3.63) is 46.0 Å². The first-order chi connectivity index (χ1) is 19.8. The summed E-state index contributed by atoms with van der Waals surface area (Å²) >= 11 is 1.22. The molecule has 4 heterocycles. The number of anilines is 5. The van der Waals surface area contributed by atoms with Crippen LogP contribution in [-0.2, 0) is 32.5 Å². The van der Waals surface area contributed by atoms with E-state index >= 15 is 0 Å². The molecule has 2 N–H and O–H groups in total. The molecule has 0 radical (unpaired) electrons. The zero-order valence-corrected chi connectivity index (χ0v) is 25.1. The first kappa shape index (κ1) is 29.0. The summed E-state index contributed by atoms with van der Waals surface area (Å²) in [4.78, 5) is 31.7. The van der Waals surface area contributed by atoms with E-state index in [1.807, 2.05) is 12.1 Å². The lowest BCUT2D eigenvalue weighted by Gasteiger charge is -2.35. The summed E-state index contributed by atoms with van der Waals surface area (Å²) in [5.41, 5.74) is 3.26. The van der Waals surface area contributed by atoms with Gasteiger partial charge in [-0.3, -0.25) is 10.0 Å². The lowest BCUT2D eigenvalue weighted by Crippen LogP contribution is -2.39. The number of esters is 1. The molecule has 12 nitrogen and oxygen atoms in total. The van der Waals surface area contributed by atoms with Gasteiger partial charge in [0.25, 0.3) is 0 Å². The first-order valence-electron chi connectivity index (χ1n) is 13.8. The molecule has 1 saturated heterocycles. The van der Waals surface area contributed by atoms with E-state index in [2.05, 4.69) is 24.8 Å². The minimum atomic E-state index is -3.34. The van der Waals surface area contributed by atoms with Gasteiger partial charge in [0, 0.05) is 37.4 Å². The summed E-state index contributed by atoms with van der Waals surface area (Å²) in [5.74, 6) is 1.77. The normalized spacial score (nSPS) is 15.4. The highest BCUT2D eigenvalue weighted by Crippen LogP contribution is 2.36. The van der Waals surface area contributed by atoms with Crippen LogP contribution < -0.4 is 19.8 Å². The molecule has 220 valence electrons. The Hall–Kier alpha value is -3.49. The van der Waals surface area contributed by atoms with Crippen LogP contribution in [0.15, 0.2) is 24.3 Å². The molecule has 0 aliphatic carbocycles. The number of hydrogen-bond acceptors (Lipinski definition) is 12. The fraction of sp³-hybridized carbons (Fsp3) is 0.481. The van der Waals surface area contributed by atoms with Crippen molar-refractivity contribution < 1.29 is 22.7 Å². The summed E-state index contributed by atoms with van der Waals surface area (Å²) < 4.78 is 37.2. The molecule has 2 aromatic heterocycles. The maximum absolute atomic E-state index is 12.3. The zero-order valence-electron chi connectivity index (χ0n) is 23.5. The molecule has 14 heteroatoms. The van der Waals surface area contributed by atoms with E-state index in [1.165, 1.54) is 11.3 Å². The Morgan fingerprint density at radius 3 is 2.51 bits per heavy atom. The van der Waals surface area contributed by atoms with Crippen LogP contribution >= 0.6 is 11.3 Å². The number of aromatic nitrogens is 3. The number of carbonyl (C=O) groups excluding carboxylic acids is 1. The largest absolute Gasteiger partial charge is 0.462 e. The van der Waals surface area contributed by atoms with Crippen molar-refractivity contribution in [1.82, 2.24) is 15.0 Å². The van der Waals surface area contributed by atoms with Crippen LogP contribution in [0, 0.1) is 6.92 Å². The molecule has 3 aromatic rings. The molecule has 1 fully saturated rings. The molecular weight excluding hydrogens is 566 g/mol. The second-order valence-electron chi connectivity index (χ2n) is 9.78. The molecule has 0 atom stereocenters. The fourth-order valence-corrected chi connectivity index (χ4v) is 6.32. The van der Waals surface area contributed by atoms with Gasteiger partial charge in [0.15, 0.2) is 5.13 Å². The van der Waals surface area contributed by atoms with Gasteiger partial charge in [-0.2, -0.15) is 9.97 Å². The second-order valence-corrected chi connectivity index (χ2v) is 12.8. The fourth-order valence-electron chi connectivity index (χ4n) is 4.83. The minimum absolute atomic E-state index is 0.0194. The number of aryl methyl sites for hydroxylation is 1. The maximum atomic E-state index is 12.3. The van der Waals surface area contributed by atoms with Crippen molar-refractivity contribution in [3.63, 3.8) is 0 Å². The number of nitrogens with one attached hydrogen (secondary N) is 2. The molecule has 0 spiro atoms. The second kappa shape index (κ2) is 12.6. The Morgan fingerprint density at radius 1 is 1.07 bits per heavy atom. The van der Waals surface area contributed by atoms with E-state index in [9.17, 15) is 13.2 Å². The van der Waals surface area contributed by atoms with Gasteiger partial charge in [-0.1, -0.05) is 23.5 Å². The summed E-state index contributed by atoms with van der Waals surface area (Å²) in [6, 6.07) is 7.43. The highest BCUT2D eigenvalue weighted by molar-refractivity contribution is 7.92. The topological polar surface area (TPSA) is 139 Å². The van der Waals surface area contributed by atoms with E-state index in [1.54, 1.807) is 32.9 Å². The lowest BCUT2D eigenvalue weighted by molar-refractivity contribution is 0.0531. The SMILES string of the molecule is CCOC(=O)c1sc(Nc2nc(N3CCOCC3)c3c(n2)N(Cc2ccc(NS(=O)(=O)CC)cc2)CCC3)nc1C. The van der Waals surface area contributed by atoms with E-state index in [0.29, 0.717) is 53.7 Å². The smallest absolute Gasteiger partial charge is 0.350 e. The highest BCUT2D eigenvalue weighted by Gasteiger charge is 2.28. The first-order valence-corrected chi connectivity index (χ1v) is 16.2. The highest BCUT2D eigenvalue weighted by atomic mass is 32.2. The van der Waals surface area contributed by atoms with Gasteiger partial charge in [-0.25, -0.2) is 18.2 Å².